The van der Waals surface area contributed by atoms with Gasteiger partial charge in [-0.05, 0) is 55.8 Å². The minimum atomic E-state index is -1.60. The fourth-order valence-corrected chi connectivity index (χ4v) is 6.47. The zero-order valence-corrected chi connectivity index (χ0v) is 23.9. The number of hydrogen-bond acceptors (Lipinski definition) is 7. The Hall–Kier alpha value is -4.29. The number of H-pyrrole nitrogens is 1. The lowest BCUT2D eigenvalue weighted by Crippen LogP contribution is -2.49. The van der Waals surface area contributed by atoms with Gasteiger partial charge in [0.1, 0.15) is 10.8 Å². The molecule has 11 nitrogen and oxygen atoms in total. The number of carbonyl (C=O) groups excluding carboxylic acids is 1. The van der Waals surface area contributed by atoms with Gasteiger partial charge in [0.2, 0.25) is 5.91 Å². The Morgan fingerprint density at radius 2 is 1.83 bits per heavy atom. The van der Waals surface area contributed by atoms with Crippen LogP contribution < -0.4 is 15.8 Å². The van der Waals surface area contributed by atoms with Gasteiger partial charge in [0, 0.05) is 62.2 Å². The van der Waals surface area contributed by atoms with Crippen LogP contribution in [0, 0.1) is 13.8 Å². The first kappa shape index (κ1) is 26.9. The van der Waals surface area contributed by atoms with E-state index in [0.717, 1.165) is 49.5 Å². The summed E-state index contributed by atoms with van der Waals surface area (Å²) in [4.78, 5) is 34.7. The van der Waals surface area contributed by atoms with E-state index in [1.165, 1.54) is 0 Å². The molecule has 1 saturated heterocycles. The van der Waals surface area contributed by atoms with Crippen molar-refractivity contribution in [2.24, 2.45) is 0 Å². The molecule has 2 N–H and O–H groups in total. The Bertz CT molecular complexity index is 1800. The Balaban J connectivity index is 1.16. The number of rotatable bonds is 8. The Morgan fingerprint density at radius 1 is 1.05 bits per heavy atom. The van der Waals surface area contributed by atoms with Gasteiger partial charge in [-0.25, -0.2) is 13.9 Å². The number of nitrogens with one attached hydrogen (secondary N) is 2. The summed E-state index contributed by atoms with van der Waals surface area (Å²) < 4.78 is 17.1. The molecule has 0 bridgehead atoms. The van der Waals surface area contributed by atoms with Gasteiger partial charge in [0.25, 0.3) is 5.56 Å². The van der Waals surface area contributed by atoms with Crippen molar-refractivity contribution in [3.05, 3.63) is 82.4 Å². The number of nitrogens with zero attached hydrogens (tertiary/aromatic N) is 6. The first-order chi connectivity index (χ1) is 19.9. The molecule has 0 spiro atoms. The number of aryl methyl sites for hydroxylation is 2. The quantitative estimate of drug-likeness (QED) is 0.292. The number of fused-ring (bicyclic) bond motifs is 3. The van der Waals surface area contributed by atoms with Gasteiger partial charge in [-0.15, -0.1) is 5.10 Å². The highest BCUT2D eigenvalue weighted by Gasteiger charge is 2.22. The number of aromatic nitrogens is 5. The van der Waals surface area contributed by atoms with Crippen molar-refractivity contribution >= 4 is 38.9 Å². The smallest absolute Gasteiger partial charge is 0.281 e. The molecular formula is C29H32N8O3S. The average molecular weight is 573 g/mol. The Labute approximate surface area is 239 Å². The number of aromatic amines is 1. The molecule has 41 heavy (non-hydrogen) atoms. The molecule has 5 aromatic rings. The van der Waals surface area contributed by atoms with Crippen molar-refractivity contribution in [2.45, 2.75) is 30.3 Å². The fourth-order valence-electron chi connectivity index (χ4n) is 5.30. The normalized spacial score (nSPS) is 15.0. The third-order valence-electron chi connectivity index (χ3n) is 7.48. The van der Waals surface area contributed by atoms with Crippen molar-refractivity contribution in [1.29, 1.82) is 0 Å². The van der Waals surface area contributed by atoms with Crippen LogP contribution in [0.4, 0.5) is 5.69 Å². The van der Waals surface area contributed by atoms with Gasteiger partial charge in [-0.1, -0.05) is 17.7 Å². The molecule has 12 heteroatoms. The summed E-state index contributed by atoms with van der Waals surface area (Å²) in [5, 5.41) is 10.9. The molecule has 6 rings (SSSR count). The van der Waals surface area contributed by atoms with E-state index < -0.39 is 10.8 Å². The number of hydrogen-bond donors (Lipinski definition) is 2. The van der Waals surface area contributed by atoms with E-state index >= 15 is 0 Å². The maximum atomic E-state index is 13.5. The van der Waals surface area contributed by atoms with Gasteiger partial charge in [0.15, 0.2) is 10.7 Å². The van der Waals surface area contributed by atoms with Crippen molar-refractivity contribution in [1.82, 2.24) is 34.6 Å². The zero-order chi connectivity index (χ0) is 28.5. The first-order valence-corrected chi connectivity index (χ1v) is 14.8. The predicted molar refractivity (Wildman–Crippen MR) is 158 cm³/mol. The zero-order valence-electron chi connectivity index (χ0n) is 23.0. The SMILES string of the molecule is Cc1ccc(S(=O)c2n[nH]n3c2nc(=O)c2ccc(N4CCN(CC(=O)NCCn5cccc5)CC4)cc23)c(C)c1. The molecule has 1 atom stereocenters. The molecule has 2 aromatic carbocycles. The molecule has 1 aliphatic rings. The molecule has 1 fully saturated rings. The first-order valence-electron chi connectivity index (χ1n) is 13.6. The number of carbonyl (C=O) groups is 1. The number of piperazine rings is 1. The Kier molecular flexibility index (Phi) is 7.41. The van der Waals surface area contributed by atoms with Crippen LogP contribution in [0.5, 0.6) is 0 Å². The minimum Gasteiger partial charge on any atom is -0.369 e. The van der Waals surface area contributed by atoms with Gasteiger partial charge < -0.3 is 14.8 Å². The molecule has 3 aromatic heterocycles. The van der Waals surface area contributed by atoms with E-state index in [4.69, 9.17) is 0 Å². The van der Waals surface area contributed by atoms with E-state index in [9.17, 15) is 13.8 Å². The fraction of sp³-hybridized carbons (Fsp3) is 0.310. The van der Waals surface area contributed by atoms with Crippen LogP contribution >= 0.6 is 0 Å². The summed E-state index contributed by atoms with van der Waals surface area (Å²) in [5.41, 5.74) is 3.42. The molecule has 1 aliphatic heterocycles. The largest absolute Gasteiger partial charge is 0.369 e. The van der Waals surface area contributed by atoms with Crippen LogP contribution in [0.3, 0.4) is 0 Å². The van der Waals surface area contributed by atoms with Crippen LogP contribution in [-0.2, 0) is 22.1 Å². The summed E-state index contributed by atoms with van der Waals surface area (Å²) >= 11 is 0. The van der Waals surface area contributed by atoms with Crippen LogP contribution in [0.2, 0.25) is 0 Å². The maximum absolute atomic E-state index is 13.5. The van der Waals surface area contributed by atoms with Crippen molar-refractivity contribution in [2.75, 3.05) is 44.2 Å². The van der Waals surface area contributed by atoms with Crippen LogP contribution in [0.15, 0.2) is 75.6 Å². The summed E-state index contributed by atoms with van der Waals surface area (Å²) in [6.07, 6.45) is 3.96. The van der Waals surface area contributed by atoms with Crippen LogP contribution in [0.1, 0.15) is 11.1 Å². The molecular weight excluding hydrogens is 540 g/mol. The summed E-state index contributed by atoms with van der Waals surface area (Å²) in [7, 11) is -1.60. The molecule has 212 valence electrons. The van der Waals surface area contributed by atoms with E-state index in [0.29, 0.717) is 28.9 Å². The highest BCUT2D eigenvalue weighted by Crippen LogP contribution is 2.25. The standard InChI is InChI=1S/C29H32N8O3S/c1-20-5-8-25(21(2)17-20)41(40)29-27-31-28(39)23-7-6-22(18-24(23)37(27)33-32-29)36-15-13-35(14-16-36)19-26(38)30-9-12-34-10-3-4-11-34/h3-8,10-11,17-18,33H,9,12-16,19H2,1-2H3,(H,30,38). The highest BCUT2D eigenvalue weighted by molar-refractivity contribution is 7.85. The highest BCUT2D eigenvalue weighted by atomic mass is 32.2. The van der Waals surface area contributed by atoms with Gasteiger partial charge in [0.05, 0.1) is 17.4 Å². The van der Waals surface area contributed by atoms with E-state index in [1.54, 1.807) is 10.6 Å². The van der Waals surface area contributed by atoms with Crippen LogP contribution in [0.25, 0.3) is 16.6 Å². The lowest BCUT2D eigenvalue weighted by Gasteiger charge is -2.35. The van der Waals surface area contributed by atoms with Crippen molar-refractivity contribution in [3.8, 4) is 0 Å². The third-order valence-corrected chi connectivity index (χ3v) is 8.97. The molecule has 1 amide bonds. The second kappa shape index (κ2) is 11.3. The third kappa shape index (κ3) is 5.52. The minimum absolute atomic E-state index is 0.0267. The topological polar surface area (TPSA) is 121 Å². The molecule has 4 heterocycles. The summed E-state index contributed by atoms with van der Waals surface area (Å²) in [5.74, 6) is 0.0267. The summed E-state index contributed by atoms with van der Waals surface area (Å²) in [6.45, 7) is 8.60. The molecule has 0 radical (unpaired) electrons. The monoisotopic (exact) mass is 572 g/mol. The van der Waals surface area contributed by atoms with Gasteiger partial charge in [-0.2, -0.15) is 4.98 Å². The second-order valence-corrected chi connectivity index (χ2v) is 11.7. The van der Waals surface area contributed by atoms with E-state index in [1.807, 2.05) is 73.3 Å². The number of anilines is 1. The van der Waals surface area contributed by atoms with Gasteiger partial charge in [-0.3, -0.25) is 14.5 Å². The molecule has 0 aliphatic carbocycles. The van der Waals surface area contributed by atoms with E-state index in [-0.39, 0.29) is 22.1 Å². The van der Waals surface area contributed by atoms with Crippen molar-refractivity contribution < 1.29 is 9.00 Å². The summed E-state index contributed by atoms with van der Waals surface area (Å²) in [6, 6.07) is 15.3. The molecule has 0 saturated carbocycles. The predicted octanol–water partition coefficient (Wildman–Crippen LogP) is 2.09. The second-order valence-electron chi connectivity index (χ2n) is 10.4. The van der Waals surface area contributed by atoms with E-state index in [2.05, 4.69) is 30.4 Å². The number of amides is 1. The number of benzene rings is 2. The average Bonchev–Trinajstić information content (AvgIpc) is 3.63. The lowest BCUT2D eigenvalue weighted by molar-refractivity contribution is -0.122. The maximum Gasteiger partial charge on any atom is 0.281 e. The van der Waals surface area contributed by atoms with Crippen molar-refractivity contribution in [3.63, 3.8) is 0 Å². The lowest BCUT2D eigenvalue weighted by atomic mass is 10.2. The Morgan fingerprint density at radius 3 is 2.59 bits per heavy atom. The molecule has 1 unspecified atom stereocenters. The van der Waals surface area contributed by atoms with Crippen LogP contribution in [-0.4, -0.2) is 78.7 Å². The van der Waals surface area contributed by atoms with Gasteiger partial charge >= 0.3 is 0 Å².